The predicted octanol–water partition coefficient (Wildman–Crippen LogP) is 1.68. The lowest BCUT2D eigenvalue weighted by Gasteiger charge is -2.41. The van der Waals surface area contributed by atoms with Gasteiger partial charge in [0.05, 0.1) is 37.3 Å². The van der Waals surface area contributed by atoms with Gasteiger partial charge >= 0.3 is 0 Å². The molecular weight excluding hydrogens is 348 g/mol. The molecule has 0 saturated carbocycles. The highest BCUT2D eigenvalue weighted by molar-refractivity contribution is 5.94. The molecule has 0 bridgehead atoms. The summed E-state index contributed by atoms with van der Waals surface area (Å²) in [4.78, 5) is 14.9. The molecule has 8 nitrogen and oxygen atoms in total. The molecule has 1 aromatic carbocycles. The van der Waals surface area contributed by atoms with Crippen molar-refractivity contribution >= 4 is 5.91 Å². The van der Waals surface area contributed by atoms with Gasteiger partial charge in [-0.15, -0.1) is 5.10 Å². The van der Waals surface area contributed by atoms with Gasteiger partial charge < -0.3 is 19.1 Å². The standard InChI is InChI=1S/C19H24N4O4/c1-2-25-8-9-26-16-5-3-4-14(10-16)19(24)22-7-6-18-17(12-22)23-15(13-27-18)11-20-21-23/h3-5,10-11,17-18H,2,6-9,12-13H2,1H3/t17-,18-/m0/s1. The number of benzene rings is 1. The Balaban J connectivity index is 1.43. The van der Waals surface area contributed by atoms with Crippen LogP contribution in [0.3, 0.4) is 0 Å². The van der Waals surface area contributed by atoms with E-state index in [0.717, 1.165) is 12.1 Å². The second-order valence-corrected chi connectivity index (χ2v) is 6.70. The molecule has 2 aliphatic heterocycles. The number of piperidine rings is 1. The van der Waals surface area contributed by atoms with Crippen molar-refractivity contribution in [2.45, 2.75) is 32.1 Å². The van der Waals surface area contributed by atoms with Crippen LogP contribution in [-0.2, 0) is 16.1 Å². The molecule has 3 heterocycles. The van der Waals surface area contributed by atoms with Gasteiger partial charge in [0.25, 0.3) is 5.91 Å². The molecule has 0 aliphatic carbocycles. The van der Waals surface area contributed by atoms with Gasteiger partial charge in [0.2, 0.25) is 0 Å². The molecule has 8 heteroatoms. The third kappa shape index (κ3) is 3.81. The second kappa shape index (κ2) is 8.06. The Morgan fingerprint density at radius 2 is 2.30 bits per heavy atom. The van der Waals surface area contributed by atoms with Crippen LogP contribution >= 0.6 is 0 Å². The highest BCUT2D eigenvalue weighted by atomic mass is 16.5. The number of likely N-dealkylation sites (tertiary alicyclic amines) is 1. The highest BCUT2D eigenvalue weighted by Crippen LogP contribution is 2.30. The minimum Gasteiger partial charge on any atom is -0.491 e. The van der Waals surface area contributed by atoms with E-state index in [4.69, 9.17) is 14.2 Å². The molecule has 2 atom stereocenters. The van der Waals surface area contributed by atoms with E-state index in [9.17, 15) is 4.79 Å². The Hall–Kier alpha value is -2.45. The Labute approximate surface area is 158 Å². The SMILES string of the molecule is CCOCCOc1cccc(C(=O)N2CC[C@@H]3OCc4cnnn4[C@H]3C2)c1. The Kier molecular flexibility index (Phi) is 5.35. The lowest BCUT2D eigenvalue weighted by atomic mass is 9.99. The third-order valence-electron chi connectivity index (χ3n) is 5.00. The van der Waals surface area contributed by atoms with Crippen LogP contribution in [0.2, 0.25) is 0 Å². The summed E-state index contributed by atoms with van der Waals surface area (Å²) in [5, 5.41) is 8.17. The molecule has 27 heavy (non-hydrogen) atoms. The van der Waals surface area contributed by atoms with E-state index in [0.29, 0.717) is 50.8 Å². The molecule has 1 saturated heterocycles. The van der Waals surface area contributed by atoms with E-state index < -0.39 is 0 Å². The van der Waals surface area contributed by atoms with E-state index >= 15 is 0 Å². The normalized spacial score (nSPS) is 21.4. The van der Waals surface area contributed by atoms with Gasteiger partial charge in [-0.2, -0.15) is 0 Å². The third-order valence-corrected chi connectivity index (χ3v) is 5.00. The topological polar surface area (TPSA) is 78.7 Å². The number of hydrogen-bond donors (Lipinski definition) is 0. The fourth-order valence-corrected chi connectivity index (χ4v) is 3.63. The van der Waals surface area contributed by atoms with Crippen LogP contribution in [-0.4, -0.2) is 64.8 Å². The second-order valence-electron chi connectivity index (χ2n) is 6.70. The fourth-order valence-electron chi connectivity index (χ4n) is 3.63. The van der Waals surface area contributed by atoms with Crippen LogP contribution in [0.5, 0.6) is 5.75 Å². The number of amides is 1. The molecule has 1 aromatic heterocycles. The van der Waals surface area contributed by atoms with Gasteiger partial charge in [-0.1, -0.05) is 11.3 Å². The van der Waals surface area contributed by atoms with Crippen LogP contribution in [0.15, 0.2) is 30.5 Å². The summed E-state index contributed by atoms with van der Waals surface area (Å²) in [5.41, 5.74) is 1.58. The smallest absolute Gasteiger partial charge is 0.254 e. The van der Waals surface area contributed by atoms with Gasteiger partial charge in [-0.25, -0.2) is 4.68 Å². The number of nitrogens with zero attached hydrogens (tertiary/aromatic N) is 4. The van der Waals surface area contributed by atoms with Crippen LogP contribution in [0, 0.1) is 0 Å². The maximum absolute atomic E-state index is 13.0. The molecule has 2 aromatic rings. The van der Waals surface area contributed by atoms with Crippen LogP contribution in [0.25, 0.3) is 0 Å². The summed E-state index contributed by atoms with van der Waals surface area (Å²) in [5.74, 6) is 0.672. The zero-order valence-electron chi connectivity index (χ0n) is 15.4. The van der Waals surface area contributed by atoms with E-state index in [2.05, 4.69) is 10.3 Å². The van der Waals surface area contributed by atoms with E-state index in [1.165, 1.54) is 0 Å². The lowest BCUT2D eigenvalue weighted by Crippen LogP contribution is -2.49. The number of carbonyl (C=O) groups is 1. The zero-order chi connectivity index (χ0) is 18.6. The maximum atomic E-state index is 13.0. The first-order valence-electron chi connectivity index (χ1n) is 9.37. The van der Waals surface area contributed by atoms with Gasteiger partial charge in [0.1, 0.15) is 12.4 Å². The zero-order valence-corrected chi connectivity index (χ0v) is 15.4. The van der Waals surface area contributed by atoms with Crippen molar-refractivity contribution in [1.82, 2.24) is 19.9 Å². The van der Waals surface area contributed by atoms with Gasteiger partial charge in [-0.3, -0.25) is 4.79 Å². The molecule has 0 radical (unpaired) electrons. The first-order chi connectivity index (χ1) is 13.3. The highest BCUT2D eigenvalue weighted by Gasteiger charge is 2.38. The number of rotatable bonds is 6. The Morgan fingerprint density at radius 3 is 3.19 bits per heavy atom. The Morgan fingerprint density at radius 1 is 1.37 bits per heavy atom. The van der Waals surface area contributed by atoms with Crippen molar-refractivity contribution in [3.05, 3.63) is 41.7 Å². The summed E-state index contributed by atoms with van der Waals surface area (Å²) >= 11 is 0. The molecule has 2 aliphatic rings. The van der Waals surface area contributed by atoms with Gasteiger partial charge in [0, 0.05) is 25.3 Å². The molecule has 0 unspecified atom stereocenters. The number of ether oxygens (including phenoxy) is 3. The van der Waals surface area contributed by atoms with Gasteiger partial charge in [0.15, 0.2) is 0 Å². The first kappa shape index (κ1) is 17.9. The average molecular weight is 372 g/mol. The molecular formula is C19H24N4O4. The molecule has 0 N–H and O–H groups in total. The summed E-state index contributed by atoms with van der Waals surface area (Å²) in [6.07, 6.45) is 2.59. The summed E-state index contributed by atoms with van der Waals surface area (Å²) in [6, 6.07) is 7.32. The predicted molar refractivity (Wildman–Crippen MR) is 96.6 cm³/mol. The van der Waals surface area contributed by atoms with Crippen molar-refractivity contribution < 1.29 is 19.0 Å². The monoisotopic (exact) mass is 372 g/mol. The number of carbonyl (C=O) groups excluding carboxylic acids is 1. The minimum atomic E-state index is -0.00375. The Bertz CT molecular complexity index is 794. The molecule has 1 amide bonds. The van der Waals surface area contributed by atoms with E-state index in [-0.39, 0.29) is 18.1 Å². The summed E-state index contributed by atoms with van der Waals surface area (Å²) in [7, 11) is 0. The largest absolute Gasteiger partial charge is 0.491 e. The maximum Gasteiger partial charge on any atom is 0.254 e. The summed E-state index contributed by atoms with van der Waals surface area (Å²) < 4.78 is 18.8. The number of fused-ring (bicyclic) bond motifs is 3. The fraction of sp³-hybridized carbons (Fsp3) is 0.526. The van der Waals surface area contributed by atoms with E-state index in [1.54, 1.807) is 12.3 Å². The average Bonchev–Trinajstić information content (AvgIpc) is 3.20. The van der Waals surface area contributed by atoms with Crippen molar-refractivity contribution in [1.29, 1.82) is 0 Å². The van der Waals surface area contributed by atoms with Crippen LogP contribution in [0.4, 0.5) is 0 Å². The van der Waals surface area contributed by atoms with Crippen molar-refractivity contribution in [2.75, 3.05) is 32.9 Å². The molecule has 1 fully saturated rings. The number of hydrogen-bond acceptors (Lipinski definition) is 6. The summed E-state index contributed by atoms with van der Waals surface area (Å²) in [6.45, 7) is 5.37. The minimum absolute atomic E-state index is 0.00375. The van der Waals surface area contributed by atoms with Crippen molar-refractivity contribution in [2.24, 2.45) is 0 Å². The van der Waals surface area contributed by atoms with E-state index in [1.807, 2.05) is 34.7 Å². The molecule has 0 spiro atoms. The van der Waals surface area contributed by atoms with Gasteiger partial charge in [-0.05, 0) is 31.5 Å². The van der Waals surface area contributed by atoms with Crippen molar-refractivity contribution in [3.63, 3.8) is 0 Å². The lowest BCUT2D eigenvalue weighted by molar-refractivity contribution is -0.0605. The van der Waals surface area contributed by atoms with Crippen LogP contribution in [0.1, 0.15) is 35.4 Å². The van der Waals surface area contributed by atoms with Crippen LogP contribution < -0.4 is 4.74 Å². The molecule has 144 valence electrons. The first-order valence-corrected chi connectivity index (χ1v) is 9.37. The van der Waals surface area contributed by atoms with Crippen molar-refractivity contribution in [3.8, 4) is 5.75 Å². The number of aromatic nitrogens is 3. The molecule has 4 rings (SSSR count). The quantitative estimate of drug-likeness (QED) is 0.718.